The molecule has 4 aromatic rings. The molecule has 4 aromatic heterocycles. The molecule has 0 radical (unpaired) electrons. The second kappa shape index (κ2) is 21.2. The van der Waals surface area contributed by atoms with E-state index >= 15 is 0 Å². The second-order valence-electron chi connectivity index (χ2n) is 6.76. The van der Waals surface area contributed by atoms with Crippen LogP contribution in [-0.4, -0.2) is 55.0 Å². The number of pyridine rings is 2. The van der Waals surface area contributed by atoms with Crippen molar-refractivity contribution in [2.24, 2.45) is 14.1 Å². The van der Waals surface area contributed by atoms with Crippen LogP contribution in [0.1, 0.15) is 21.0 Å². The van der Waals surface area contributed by atoms with E-state index in [0.29, 0.717) is 11.4 Å². The predicted molar refractivity (Wildman–Crippen MR) is 130 cm³/mol. The molecule has 0 atom stereocenters. The Bertz CT molecular complexity index is 1110. The molecule has 10 nitrogen and oxygen atoms in total. The first-order valence-electron chi connectivity index (χ1n) is 10.1. The summed E-state index contributed by atoms with van der Waals surface area (Å²) < 4.78 is 3.13. The Balaban J connectivity index is 0. The average Bonchev–Trinajstić information content (AvgIpc) is 3.58. The van der Waals surface area contributed by atoms with Gasteiger partial charge in [-0.05, 0) is 49.7 Å². The monoisotopic (exact) mass is 670 g/mol. The van der Waals surface area contributed by atoms with Crippen LogP contribution in [0, 0.1) is 12.7 Å². The normalized spacial score (nSPS) is 8.89. The third-order valence-electron chi connectivity index (χ3n) is 4.63. The van der Waals surface area contributed by atoms with E-state index in [2.05, 4.69) is 32.6 Å². The van der Waals surface area contributed by atoms with Gasteiger partial charge in [-0.3, -0.25) is 19.6 Å². The Labute approximate surface area is 268 Å². The predicted octanol–water partition coefficient (Wildman–Crippen LogP) is -2.83. The van der Waals surface area contributed by atoms with E-state index in [0.717, 1.165) is 46.0 Å². The van der Waals surface area contributed by atoms with Crippen LogP contribution in [0.5, 0.6) is 0 Å². The maximum atomic E-state index is 12.0. The van der Waals surface area contributed by atoms with E-state index in [4.69, 9.17) is 19.4 Å². The van der Waals surface area contributed by atoms with Crippen LogP contribution >= 0.6 is 19.4 Å². The molecule has 0 aliphatic rings. The fourth-order valence-electron chi connectivity index (χ4n) is 2.71. The van der Waals surface area contributed by atoms with Crippen molar-refractivity contribution in [3.8, 4) is 0 Å². The van der Waals surface area contributed by atoms with Crippen molar-refractivity contribution in [2.45, 2.75) is 0 Å². The molecule has 0 aromatic carbocycles. The molecule has 188 valence electrons. The largest absolute Gasteiger partial charge is 1.00 e. The van der Waals surface area contributed by atoms with Crippen molar-refractivity contribution in [2.75, 3.05) is 23.9 Å². The first kappa shape index (κ1) is 38.5. The Kier molecular flexibility index (Phi) is 21.5. The average molecular weight is 675 g/mol. The van der Waals surface area contributed by atoms with Gasteiger partial charge in [0.25, 0.3) is 0 Å². The van der Waals surface area contributed by atoms with Crippen molar-refractivity contribution in [3.05, 3.63) is 85.5 Å². The standard InChI is InChI=1S/2C11H11N4O.3ClH.Li.2Zn/c2*1-14-8-13-7-10(14)11(16)15(2)9-4-3-5-12-6-9;;;;;;/h2*3-7H,1-2H3;3*1H;;;/q2*-1;;;;+1;2*+2/p-3. The van der Waals surface area contributed by atoms with Gasteiger partial charge in [0.1, 0.15) is 0 Å². The topological polar surface area (TPSA) is 102 Å². The van der Waals surface area contributed by atoms with Gasteiger partial charge in [0, 0.05) is 39.1 Å². The summed E-state index contributed by atoms with van der Waals surface area (Å²) >= 11 is 1.69. The molecule has 0 N–H and O–H groups in total. The van der Waals surface area contributed by atoms with Crippen molar-refractivity contribution < 1.29 is 75.5 Å². The number of aromatic nitrogens is 6. The number of carbonyl (C=O) groups is 2. The molecule has 4 rings (SSSR count). The van der Waals surface area contributed by atoms with Crippen LogP contribution in [0.3, 0.4) is 0 Å². The van der Waals surface area contributed by atoms with Crippen molar-refractivity contribution in [1.29, 1.82) is 0 Å². The van der Waals surface area contributed by atoms with Gasteiger partial charge in [0.15, 0.2) is 0 Å². The minimum Gasteiger partial charge on any atom is 1.00 e. The number of hydrogen-bond acceptors (Lipinski definition) is 6. The summed E-state index contributed by atoms with van der Waals surface area (Å²) in [7, 11) is 16.4. The van der Waals surface area contributed by atoms with Crippen molar-refractivity contribution in [3.63, 3.8) is 0 Å². The van der Waals surface area contributed by atoms with Gasteiger partial charge in [0.2, 0.25) is 11.8 Å². The number of nitrogens with zero attached hydrogens (tertiary/aromatic N) is 8. The van der Waals surface area contributed by atoms with Gasteiger partial charge >= 0.3 is 72.9 Å². The van der Waals surface area contributed by atoms with Crippen LogP contribution in [-0.2, 0) is 48.7 Å². The molecular formula is C22H22Cl3LiN8O2Zn2. The van der Waals surface area contributed by atoms with Gasteiger partial charge in [-0.1, -0.05) is 12.4 Å². The van der Waals surface area contributed by atoms with Crippen LogP contribution in [0.25, 0.3) is 0 Å². The SMILES string of the molecule is CN(C(=O)c1cn[c-]n1C)c1cccnc1.CN(C(=O)c1cn[c-]n1C)c1cccnc1.[Cl-].[Cl][Zn+].[Cl][Zn+].[Li+]. The van der Waals surface area contributed by atoms with Crippen molar-refractivity contribution in [1.82, 2.24) is 29.1 Å². The molecule has 0 aliphatic heterocycles. The molecule has 4 heterocycles. The third-order valence-corrected chi connectivity index (χ3v) is 4.63. The Morgan fingerprint density at radius 2 is 1.11 bits per heavy atom. The van der Waals surface area contributed by atoms with Gasteiger partial charge in [-0.25, -0.2) is 0 Å². The summed E-state index contributed by atoms with van der Waals surface area (Å²) in [6.07, 6.45) is 14.9. The number of imidazole rings is 2. The van der Waals surface area contributed by atoms with Crippen LogP contribution in [0.4, 0.5) is 11.4 Å². The third kappa shape index (κ3) is 11.2. The number of hydrogen-bond donors (Lipinski definition) is 0. The summed E-state index contributed by atoms with van der Waals surface area (Å²) in [4.78, 5) is 42.7. The number of anilines is 2. The quantitative estimate of drug-likeness (QED) is 0.171. The molecular weight excluding hydrogens is 652 g/mol. The molecule has 0 unspecified atom stereocenters. The minimum atomic E-state index is -0.135. The molecule has 0 fully saturated rings. The van der Waals surface area contributed by atoms with Crippen LogP contribution in [0.15, 0.2) is 61.4 Å². The van der Waals surface area contributed by atoms with Gasteiger partial charge < -0.3 is 41.3 Å². The second-order valence-corrected chi connectivity index (χ2v) is 6.76. The summed E-state index contributed by atoms with van der Waals surface area (Å²) in [5.41, 5.74) is 2.47. The smallest absolute Gasteiger partial charge is 1.00 e. The number of amides is 2. The zero-order valence-electron chi connectivity index (χ0n) is 21.7. The molecule has 0 saturated heterocycles. The maximum absolute atomic E-state index is 12.0. The van der Waals surface area contributed by atoms with E-state index in [1.807, 2.05) is 12.1 Å². The Morgan fingerprint density at radius 3 is 1.34 bits per heavy atom. The number of carbonyl (C=O) groups excluding carboxylic acids is 2. The molecule has 2 amide bonds. The first-order chi connectivity index (χ1) is 17.4. The molecule has 0 aliphatic carbocycles. The molecule has 0 bridgehead atoms. The van der Waals surface area contributed by atoms with Gasteiger partial charge in [0.05, 0.1) is 23.8 Å². The number of aryl methyl sites for hydroxylation is 2. The van der Waals surface area contributed by atoms with E-state index < -0.39 is 0 Å². The fraction of sp³-hybridized carbons (Fsp3) is 0.182. The molecule has 38 heavy (non-hydrogen) atoms. The summed E-state index contributed by atoms with van der Waals surface area (Å²) in [6.45, 7) is 0. The summed E-state index contributed by atoms with van der Waals surface area (Å²) in [5.74, 6) is -0.270. The van der Waals surface area contributed by atoms with E-state index in [1.54, 1.807) is 74.2 Å². The Hall–Kier alpha value is -1.63. The van der Waals surface area contributed by atoms with Crippen molar-refractivity contribution >= 4 is 42.6 Å². The van der Waals surface area contributed by atoms with Crippen LogP contribution in [0.2, 0.25) is 0 Å². The van der Waals surface area contributed by atoms with Gasteiger partial charge in [-0.15, -0.1) is 0 Å². The molecule has 0 spiro atoms. The zero-order valence-corrected chi connectivity index (χ0v) is 29.9. The van der Waals surface area contributed by atoms with Gasteiger partial charge in [-0.2, -0.15) is 0 Å². The molecule has 16 heteroatoms. The van der Waals surface area contributed by atoms with E-state index in [-0.39, 0.29) is 43.1 Å². The van der Waals surface area contributed by atoms with E-state index in [1.165, 1.54) is 22.2 Å². The summed E-state index contributed by atoms with van der Waals surface area (Å²) in [5, 5.41) is 0. The number of halogens is 3. The van der Waals surface area contributed by atoms with E-state index in [9.17, 15) is 9.59 Å². The summed E-state index contributed by atoms with van der Waals surface area (Å²) in [6, 6.07) is 7.22. The maximum Gasteiger partial charge on any atom is 1.00 e. The van der Waals surface area contributed by atoms with Crippen LogP contribution < -0.4 is 41.1 Å². The first-order valence-corrected chi connectivity index (χ1v) is 17.9. The fourth-order valence-corrected chi connectivity index (χ4v) is 2.71. The molecule has 0 saturated carbocycles. The minimum absolute atomic E-state index is 0. The Morgan fingerprint density at radius 1 is 0.763 bits per heavy atom. The zero-order chi connectivity index (χ0) is 27.1. The number of rotatable bonds is 4.